The summed E-state index contributed by atoms with van der Waals surface area (Å²) in [6, 6.07) is 8.75. The lowest BCUT2D eigenvalue weighted by molar-refractivity contribution is 0.299. The van der Waals surface area contributed by atoms with Gasteiger partial charge in [-0.1, -0.05) is 6.07 Å². The Hall–Kier alpha value is -1.22. The van der Waals surface area contributed by atoms with Gasteiger partial charge in [0.2, 0.25) is 0 Å². The number of nitrogens with zero attached hydrogens (tertiary/aromatic N) is 1. The third-order valence-corrected chi connectivity index (χ3v) is 2.88. The molecule has 0 heterocycles. The molecule has 0 saturated heterocycles. The number of nitrogens with one attached hydrogen (secondary N) is 1. The average Bonchev–Trinajstić information content (AvgIpc) is 2.34. The topological polar surface area (TPSA) is 24.5 Å². The first-order chi connectivity index (χ1) is 8.13. The number of rotatable bonds is 7. The average molecular weight is 236 g/mol. The SMILES string of the molecule is CNC(C)CCCOc1cccc(N(C)C)c1. The Morgan fingerprint density at radius 2 is 2.12 bits per heavy atom. The van der Waals surface area contributed by atoms with E-state index in [0.717, 1.165) is 25.2 Å². The van der Waals surface area contributed by atoms with E-state index in [-0.39, 0.29) is 0 Å². The van der Waals surface area contributed by atoms with Crippen LogP contribution in [0.2, 0.25) is 0 Å². The van der Waals surface area contributed by atoms with Crippen molar-refractivity contribution in [2.45, 2.75) is 25.8 Å². The molecule has 96 valence electrons. The molecule has 0 aliphatic heterocycles. The van der Waals surface area contributed by atoms with Gasteiger partial charge in [0, 0.05) is 31.9 Å². The van der Waals surface area contributed by atoms with E-state index < -0.39 is 0 Å². The smallest absolute Gasteiger partial charge is 0.121 e. The molecule has 1 rings (SSSR count). The Kier molecular flexibility index (Phi) is 5.84. The zero-order valence-electron chi connectivity index (χ0n) is 11.4. The second-order valence-corrected chi connectivity index (χ2v) is 4.57. The first-order valence-electron chi connectivity index (χ1n) is 6.21. The van der Waals surface area contributed by atoms with Crippen LogP contribution in [0.4, 0.5) is 5.69 Å². The summed E-state index contributed by atoms with van der Waals surface area (Å²) in [6.45, 7) is 2.97. The molecule has 17 heavy (non-hydrogen) atoms. The lowest BCUT2D eigenvalue weighted by Gasteiger charge is -2.14. The fourth-order valence-electron chi connectivity index (χ4n) is 1.58. The molecule has 0 aliphatic carbocycles. The lowest BCUT2D eigenvalue weighted by atomic mass is 10.2. The van der Waals surface area contributed by atoms with Gasteiger partial charge in [0.15, 0.2) is 0 Å². The van der Waals surface area contributed by atoms with Crippen molar-refractivity contribution < 1.29 is 4.74 Å². The molecule has 0 spiro atoms. The Morgan fingerprint density at radius 3 is 2.76 bits per heavy atom. The highest BCUT2D eigenvalue weighted by Gasteiger charge is 2.00. The molecule has 1 aromatic carbocycles. The quantitative estimate of drug-likeness (QED) is 0.736. The minimum absolute atomic E-state index is 0.562. The summed E-state index contributed by atoms with van der Waals surface area (Å²) < 4.78 is 5.74. The zero-order chi connectivity index (χ0) is 12.7. The molecule has 1 unspecified atom stereocenters. The summed E-state index contributed by atoms with van der Waals surface area (Å²) >= 11 is 0. The summed E-state index contributed by atoms with van der Waals surface area (Å²) in [6.07, 6.45) is 2.22. The van der Waals surface area contributed by atoms with E-state index in [4.69, 9.17) is 4.74 Å². The number of ether oxygens (including phenoxy) is 1. The van der Waals surface area contributed by atoms with Gasteiger partial charge in [-0.3, -0.25) is 0 Å². The Balaban J connectivity index is 2.34. The molecule has 1 aromatic rings. The minimum Gasteiger partial charge on any atom is -0.494 e. The molecule has 0 bridgehead atoms. The van der Waals surface area contributed by atoms with E-state index in [0.29, 0.717) is 6.04 Å². The highest BCUT2D eigenvalue weighted by molar-refractivity contribution is 5.49. The van der Waals surface area contributed by atoms with Crippen molar-refractivity contribution in [2.75, 3.05) is 32.6 Å². The van der Waals surface area contributed by atoms with Gasteiger partial charge in [0.05, 0.1) is 6.61 Å². The molecule has 3 heteroatoms. The second-order valence-electron chi connectivity index (χ2n) is 4.57. The molecule has 1 N–H and O–H groups in total. The third kappa shape index (κ3) is 5.09. The molecular weight excluding hydrogens is 212 g/mol. The molecule has 3 nitrogen and oxygen atoms in total. The lowest BCUT2D eigenvalue weighted by Crippen LogP contribution is -2.21. The van der Waals surface area contributed by atoms with Gasteiger partial charge >= 0.3 is 0 Å². The molecule has 0 aliphatic rings. The Bertz CT molecular complexity index is 326. The summed E-state index contributed by atoms with van der Waals surface area (Å²) in [7, 11) is 6.06. The fraction of sp³-hybridized carbons (Fsp3) is 0.571. The maximum atomic E-state index is 5.74. The predicted molar refractivity (Wildman–Crippen MR) is 74.0 cm³/mol. The van der Waals surface area contributed by atoms with Crippen LogP contribution in [0.15, 0.2) is 24.3 Å². The van der Waals surface area contributed by atoms with Gasteiger partial charge in [-0.2, -0.15) is 0 Å². The summed E-state index contributed by atoms with van der Waals surface area (Å²) in [5.41, 5.74) is 1.17. The van der Waals surface area contributed by atoms with E-state index in [1.807, 2.05) is 33.3 Å². The summed E-state index contributed by atoms with van der Waals surface area (Å²) in [5, 5.41) is 3.23. The van der Waals surface area contributed by atoms with E-state index >= 15 is 0 Å². The largest absolute Gasteiger partial charge is 0.494 e. The normalized spacial score (nSPS) is 12.2. The maximum Gasteiger partial charge on any atom is 0.121 e. The molecule has 0 saturated carbocycles. The van der Waals surface area contributed by atoms with Crippen LogP contribution in [0.3, 0.4) is 0 Å². The van der Waals surface area contributed by atoms with Crippen LogP contribution < -0.4 is 15.0 Å². The van der Waals surface area contributed by atoms with Crippen LogP contribution in [0.25, 0.3) is 0 Å². The van der Waals surface area contributed by atoms with E-state index in [1.165, 1.54) is 5.69 Å². The molecular formula is C14H24N2O. The van der Waals surface area contributed by atoms with Crippen molar-refractivity contribution in [3.05, 3.63) is 24.3 Å². The molecule has 1 atom stereocenters. The van der Waals surface area contributed by atoms with Gasteiger partial charge in [-0.25, -0.2) is 0 Å². The predicted octanol–water partition coefficient (Wildman–Crippen LogP) is 2.52. The summed E-state index contributed by atoms with van der Waals surface area (Å²) in [5.74, 6) is 0.952. The minimum atomic E-state index is 0.562. The van der Waals surface area contributed by atoms with Gasteiger partial charge in [0.1, 0.15) is 5.75 Å². The number of hydrogen-bond donors (Lipinski definition) is 1. The number of benzene rings is 1. The van der Waals surface area contributed by atoms with Crippen molar-refractivity contribution in [2.24, 2.45) is 0 Å². The fourth-order valence-corrected chi connectivity index (χ4v) is 1.58. The van der Waals surface area contributed by atoms with E-state index in [1.54, 1.807) is 0 Å². The van der Waals surface area contributed by atoms with Crippen molar-refractivity contribution in [1.29, 1.82) is 0 Å². The van der Waals surface area contributed by atoms with E-state index in [2.05, 4.69) is 29.3 Å². The molecule has 0 amide bonds. The van der Waals surface area contributed by atoms with Gasteiger partial charge in [0.25, 0.3) is 0 Å². The Labute approximate surface area is 105 Å². The highest BCUT2D eigenvalue weighted by Crippen LogP contribution is 2.19. The van der Waals surface area contributed by atoms with Crippen LogP contribution in [-0.2, 0) is 0 Å². The van der Waals surface area contributed by atoms with Crippen LogP contribution in [0.1, 0.15) is 19.8 Å². The van der Waals surface area contributed by atoms with Crippen LogP contribution in [0, 0.1) is 0 Å². The zero-order valence-corrected chi connectivity index (χ0v) is 11.4. The first kappa shape index (κ1) is 13.8. The van der Waals surface area contributed by atoms with E-state index in [9.17, 15) is 0 Å². The number of hydrogen-bond acceptors (Lipinski definition) is 3. The molecule has 0 aromatic heterocycles. The van der Waals surface area contributed by atoms with Crippen molar-refractivity contribution in [1.82, 2.24) is 5.32 Å². The summed E-state index contributed by atoms with van der Waals surface area (Å²) in [4.78, 5) is 2.08. The third-order valence-electron chi connectivity index (χ3n) is 2.88. The van der Waals surface area contributed by atoms with Crippen molar-refractivity contribution >= 4 is 5.69 Å². The molecule has 0 radical (unpaired) electrons. The number of anilines is 1. The second kappa shape index (κ2) is 7.17. The maximum absolute atomic E-state index is 5.74. The van der Waals surface area contributed by atoms with Crippen molar-refractivity contribution in [3.8, 4) is 5.75 Å². The van der Waals surface area contributed by atoms with Crippen molar-refractivity contribution in [3.63, 3.8) is 0 Å². The highest BCUT2D eigenvalue weighted by atomic mass is 16.5. The monoisotopic (exact) mass is 236 g/mol. The first-order valence-corrected chi connectivity index (χ1v) is 6.21. The van der Waals surface area contributed by atoms with Gasteiger partial charge in [-0.15, -0.1) is 0 Å². The molecule has 0 fully saturated rings. The van der Waals surface area contributed by atoms with Crippen LogP contribution in [0.5, 0.6) is 5.75 Å². The Morgan fingerprint density at radius 1 is 1.35 bits per heavy atom. The van der Waals surface area contributed by atoms with Crippen LogP contribution in [-0.4, -0.2) is 33.8 Å². The van der Waals surface area contributed by atoms with Gasteiger partial charge in [-0.05, 0) is 38.9 Å². The standard InChI is InChI=1S/C14H24N2O/c1-12(15-2)7-6-10-17-14-9-5-8-13(11-14)16(3)4/h5,8-9,11-12,15H,6-7,10H2,1-4H3. The van der Waals surface area contributed by atoms with Crippen LogP contribution >= 0.6 is 0 Å². The van der Waals surface area contributed by atoms with Gasteiger partial charge < -0.3 is 15.0 Å².